The molecule has 0 aliphatic carbocycles. The number of carboxylic acid groups (broad SMARTS) is 1. The highest BCUT2D eigenvalue weighted by molar-refractivity contribution is 6.69. The molecule has 0 aromatic carbocycles. The van der Waals surface area contributed by atoms with Crippen molar-refractivity contribution >= 4 is 20.7 Å². The molecule has 0 aromatic rings. The van der Waals surface area contributed by atoms with E-state index in [1.807, 2.05) is 0 Å². The predicted octanol–water partition coefficient (Wildman–Crippen LogP) is 1.50. The molecule has 2 N–H and O–H groups in total. The molecule has 8 heteroatoms. The summed E-state index contributed by atoms with van der Waals surface area (Å²) < 4.78 is 17.1. The van der Waals surface area contributed by atoms with Crippen LogP contribution in [0.1, 0.15) is 41.0 Å². The van der Waals surface area contributed by atoms with Crippen molar-refractivity contribution in [3.63, 3.8) is 0 Å². The zero-order valence-electron chi connectivity index (χ0n) is 14.0. The summed E-state index contributed by atoms with van der Waals surface area (Å²) in [6.07, 6.45) is 3.38. The third-order valence-corrected chi connectivity index (χ3v) is 6.53. The summed E-state index contributed by atoms with van der Waals surface area (Å²) in [5.74, 6) is -1.72. The molecule has 0 aliphatic heterocycles. The average Bonchev–Trinajstić information content (AvgIpc) is 2.43. The van der Waals surface area contributed by atoms with Crippen LogP contribution in [0.15, 0.2) is 12.2 Å². The lowest BCUT2D eigenvalue weighted by atomic mass is 10.2. The first-order valence-electron chi connectivity index (χ1n) is 7.40. The molecule has 0 saturated heterocycles. The van der Waals surface area contributed by atoms with Crippen LogP contribution in [0.4, 0.5) is 0 Å². The van der Waals surface area contributed by atoms with Gasteiger partial charge in [0.2, 0.25) is 11.1 Å². The molecule has 0 heterocycles. The first-order valence-corrected chi connectivity index (χ1v) is 9.13. The van der Waals surface area contributed by atoms with Gasteiger partial charge in [0.25, 0.3) is 0 Å². The van der Waals surface area contributed by atoms with E-state index in [0.29, 0.717) is 0 Å². The molecule has 0 radical (unpaired) electrons. The minimum Gasteiger partial charge on any atom is -0.480 e. The molecule has 22 heavy (non-hydrogen) atoms. The molecule has 0 bridgehead atoms. The van der Waals surface area contributed by atoms with Gasteiger partial charge in [-0.3, -0.25) is 4.79 Å². The molecule has 0 spiro atoms. The fourth-order valence-corrected chi connectivity index (χ4v) is 5.27. The zero-order chi connectivity index (χ0) is 17.2. The van der Waals surface area contributed by atoms with Gasteiger partial charge in [-0.1, -0.05) is 12.2 Å². The SMILES string of the molecule is CC=CCC(NC(C)=O)(C(=O)O)[Si](OCC)(OCC)OCC. The van der Waals surface area contributed by atoms with E-state index in [-0.39, 0.29) is 26.2 Å². The van der Waals surface area contributed by atoms with Crippen molar-refractivity contribution in [2.45, 2.75) is 46.2 Å². The maximum absolute atomic E-state index is 12.1. The van der Waals surface area contributed by atoms with Crippen LogP contribution in [0.25, 0.3) is 0 Å². The quantitative estimate of drug-likeness (QED) is 0.439. The highest BCUT2D eigenvalue weighted by Gasteiger charge is 2.66. The van der Waals surface area contributed by atoms with Crippen LogP contribution in [0.3, 0.4) is 0 Å². The maximum atomic E-state index is 12.1. The highest BCUT2D eigenvalue weighted by atomic mass is 28.4. The van der Waals surface area contributed by atoms with Gasteiger partial charge in [0.1, 0.15) is 0 Å². The Morgan fingerprint density at radius 2 is 1.59 bits per heavy atom. The van der Waals surface area contributed by atoms with Crippen molar-refractivity contribution in [3.8, 4) is 0 Å². The Kier molecular flexibility index (Phi) is 9.18. The standard InChI is InChI=1S/C14H27NO6Si/c1-6-10-11-14(13(17)18,15-12(5)16)22(19-7-2,20-8-3)21-9-4/h6,10H,7-9,11H2,1-5H3,(H,15,16)(H,17,18). The summed E-state index contributed by atoms with van der Waals surface area (Å²) in [4.78, 5) is 23.7. The van der Waals surface area contributed by atoms with Crippen LogP contribution in [-0.2, 0) is 22.9 Å². The number of rotatable bonds is 11. The van der Waals surface area contributed by atoms with Crippen molar-refractivity contribution in [1.29, 1.82) is 0 Å². The van der Waals surface area contributed by atoms with E-state index in [1.54, 1.807) is 39.8 Å². The van der Waals surface area contributed by atoms with Gasteiger partial charge in [-0.05, 0) is 27.7 Å². The van der Waals surface area contributed by atoms with Crippen LogP contribution in [0, 0.1) is 0 Å². The average molecular weight is 333 g/mol. The third kappa shape index (κ3) is 4.64. The van der Waals surface area contributed by atoms with E-state index < -0.39 is 25.8 Å². The number of carbonyl (C=O) groups is 2. The Labute approximate surface area is 133 Å². The summed E-state index contributed by atoms with van der Waals surface area (Å²) in [5.41, 5.74) is 0. The van der Waals surface area contributed by atoms with E-state index in [2.05, 4.69) is 5.32 Å². The molecule has 0 aromatic heterocycles. The van der Waals surface area contributed by atoms with E-state index in [0.717, 1.165) is 0 Å². The molecule has 128 valence electrons. The van der Waals surface area contributed by atoms with Crippen LogP contribution in [0.5, 0.6) is 0 Å². The first kappa shape index (κ1) is 20.8. The van der Waals surface area contributed by atoms with Crippen molar-refractivity contribution in [3.05, 3.63) is 12.2 Å². The number of nitrogens with one attached hydrogen (secondary N) is 1. The second kappa shape index (κ2) is 9.72. The Morgan fingerprint density at radius 1 is 1.14 bits per heavy atom. The van der Waals surface area contributed by atoms with Gasteiger partial charge in [-0.2, -0.15) is 0 Å². The fraction of sp³-hybridized carbons (Fsp3) is 0.714. The molecule has 1 atom stereocenters. The van der Waals surface area contributed by atoms with Crippen LogP contribution in [0.2, 0.25) is 0 Å². The van der Waals surface area contributed by atoms with E-state index in [4.69, 9.17) is 13.3 Å². The van der Waals surface area contributed by atoms with Crippen LogP contribution in [-0.4, -0.2) is 50.8 Å². The Morgan fingerprint density at radius 3 is 1.86 bits per heavy atom. The Balaban J connectivity index is 6.17. The van der Waals surface area contributed by atoms with Gasteiger partial charge in [-0.15, -0.1) is 0 Å². The van der Waals surface area contributed by atoms with Crippen molar-refractivity contribution in [2.75, 3.05) is 19.8 Å². The van der Waals surface area contributed by atoms with Gasteiger partial charge >= 0.3 is 14.8 Å². The largest absolute Gasteiger partial charge is 0.540 e. The van der Waals surface area contributed by atoms with Gasteiger partial charge < -0.3 is 23.7 Å². The lowest BCUT2D eigenvalue weighted by molar-refractivity contribution is -0.147. The second-order valence-corrected chi connectivity index (χ2v) is 7.35. The van der Waals surface area contributed by atoms with Gasteiger partial charge in [0.05, 0.1) is 0 Å². The second-order valence-electron chi connectivity index (χ2n) is 4.52. The number of aliphatic carboxylic acids is 1. The number of amides is 1. The molecule has 0 aliphatic rings. The zero-order valence-corrected chi connectivity index (χ0v) is 15.0. The summed E-state index contributed by atoms with van der Waals surface area (Å²) in [7, 11) is -3.72. The van der Waals surface area contributed by atoms with Crippen LogP contribution < -0.4 is 5.32 Å². The molecular weight excluding hydrogens is 306 g/mol. The van der Waals surface area contributed by atoms with Crippen molar-refractivity contribution < 1.29 is 28.0 Å². The number of hydrogen-bond donors (Lipinski definition) is 2. The Hall–Kier alpha value is -1.22. The highest BCUT2D eigenvalue weighted by Crippen LogP contribution is 2.30. The summed E-state index contributed by atoms with van der Waals surface area (Å²) in [6, 6.07) is 0. The lowest BCUT2D eigenvalue weighted by Gasteiger charge is -2.41. The molecular formula is C14H27NO6Si. The molecule has 0 fully saturated rings. The monoisotopic (exact) mass is 333 g/mol. The molecule has 7 nitrogen and oxygen atoms in total. The van der Waals surface area contributed by atoms with Crippen molar-refractivity contribution in [1.82, 2.24) is 5.32 Å². The van der Waals surface area contributed by atoms with E-state index >= 15 is 0 Å². The maximum Gasteiger partial charge on any atom is 0.540 e. The topological polar surface area (TPSA) is 94.1 Å². The van der Waals surface area contributed by atoms with Gasteiger partial charge in [0.15, 0.2) is 0 Å². The normalized spacial score (nSPS) is 14.8. The first-order chi connectivity index (χ1) is 10.4. The number of carbonyl (C=O) groups excluding carboxylic acids is 1. The third-order valence-electron chi connectivity index (χ3n) is 2.94. The fourth-order valence-electron chi connectivity index (χ4n) is 2.18. The summed E-state index contributed by atoms with van der Waals surface area (Å²) >= 11 is 0. The number of hydrogen-bond acceptors (Lipinski definition) is 5. The van der Waals surface area contributed by atoms with Gasteiger partial charge in [-0.25, -0.2) is 4.79 Å². The number of allylic oxidation sites excluding steroid dienone is 1. The predicted molar refractivity (Wildman–Crippen MR) is 84.2 cm³/mol. The molecule has 1 amide bonds. The smallest absolute Gasteiger partial charge is 0.480 e. The van der Waals surface area contributed by atoms with Crippen LogP contribution >= 0.6 is 0 Å². The van der Waals surface area contributed by atoms with E-state index in [1.165, 1.54) is 6.92 Å². The lowest BCUT2D eigenvalue weighted by Crippen LogP contribution is -2.75. The molecule has 0 rings (SSSR count). The molecule has 1 unspecified atom stereocenters. The van der Waals surface area contributed by atoms with E-state index in [9.17, 15) is 14.7 Å². The Bertz CT molecular complexity index is 384. The van der Waals surface area contributed by atoms with Gasteiger partial charge in [0, 0.05) is 33.2 Å². The van der Waals surface area contributed by atoms with Crippen molar-refractivity contribution in [2.24, 2.45) is 0 Å². The molecule has 0 saturated carbocycles. The minimum absolute atomic E-state index is 0.0185. The summed E-state index contributed by atoms with van der Waals surface area (Å²) in [6.45, 7) is 8.88. The summed E-state index contributed by atoms with van der Waals surface area (Å²) in [5, 5.41) is 10.6. The minimum atomic E-state index is -3.72. The number of carboxylic acids is 1.